The zero-order valence-electron chi connectivity index (χ0n) is 11.1. The zero-order chi connectivity index (χ0) is 15.6. The molecule has 0 aliphatic heterocycles. The third kappa shape index (κ3) is 3.70. The second-order valence-electron chi connectivity index (χ2n) is 5.20. The molecule has 1 aromatic rings. The van der Waals surface area contributed by atoms with Gasteiger partial charge in [0.05, 0.1) is 11.0 Å². The normalized spacial score (nSPS) is 25.3. The first-order valence-electron chi connectivity index (χ1n) is 6.44. The Hall–Kier alpha value is -1.67. The van der Waals surface area contributed by atoms with Gasteiger partial charge in [0.2, 0.25) is 0 Å². The highest BCUT2D eigenvalue weighted by molar-refractivity contribution is 9.10. The predicted octanol–water partition coefficient (Wildman–Crippen LogP) is 2.46. The lowest BCUT2D eigenvalue weighted by molar-refractivity contribution is -0.385. The van der Waals surface area contributed by atoms with Gasteiger partial charge < -0.3 is 15.6 Å². The molecule has 21 heavy (non-hydrogen) atoms. The van der Waals surface area contributed by atoms with Gasteiger partial charge in [0.25, 0.3) is 5.69 Å². The number of carbonyl (C=O) groups is 1. The lowest BCUT2D eigenvalue weighted by atomic mass is 9.81. The van der Waals surface area contributed by atoms with Crippen LogP contribution in [0.1, 0.15) is 25.7 Å². The lowest BCUT2D eigenvalue weighted by Gasteiger charge is -2.34. The molecular formula is C13H15BrN2O5. The average molecular weight is 359 g/mol. The summed E-state index contributed by atoms with van der Waals surface area (Å²) >= 11 is 3.19. The monoisotopic (exact) mass is 358 g/mol. The van der Waals surface area contributed by atoms with E-state index in [1.807, 2.05) is 0 Å². The number of nitro groups is 1. The molecule has 2 unspecified atom stereocenters. The minimum atomic E-state index is -1.29. The number of nitrogens with two attached hydrogens (primary N) is 1. The van der Waals surface area contributed by atoms with E-state index in [0.717, 1.165) is 0 Å². The maximum atomic E-state index is 11.2. The van der Waals surface area contributed by atoms with Crippen LogP contribution in [0, 0.1) is 10.1 Å². The first-order valence-corrected chi connectivity index (χ1v) is 7.23. The first-order chi connectivity index (χ1) is 9.80. The summed E-state index contributed by atoms with van der Waals surface area (Å²) in [5.74, 6) is -0.716. The summed E-state index contributed by atoms with van der Waals surface area (Å²) in [5.41, 5.74) is 4.48. The van der Waals surface area contributed by atoms with Gasteiger partial charge in [-0.15, -0.1) is 0 Å². The van der Waals surface area contributed by atoms with Crippen LogP contribution in [0.5, 0.6) is 5.75 Å². The Kier molecular flexibility index (Phi) is 4.48. The number of ether oxygens (including phenoxy) is 1. The van der Waals surface area contributed by atoms with Crippen molar-refractivity contribution in [1.82, 2.24) is 0 Å². The molecule has 3 N–H and O–H groups in total. The molecule has 8 heteroatoms. The Morgan fingerprint density at radius 3 is 2.86 bits per heavy atom. The van der Waals surface area contributed by atoms with E-state index in [1.165, 1.54) is 12.1 Å². The number of carboxylic acids is 1. The van der Waals surface area contributed by atoms with Crippen LogP contribution in [0.4, 0.5) is 5.69 Å². The summed E-state index contributed by atoms with van der Waals surface area (Å²) in [6.45, 7) is 0. The molecule has 0 amide bonds. The van der Waals surface area contributed by atoms with Crippen molar-refractivity contribution in [2.24, 2.45) is 5.73 Å². The molecule has 0 aromatic heterocycles. The number of rotatable bonds is 4. The van der Waals surface area contributed by atoms with Gasteiger partial charge in [-0.3, -0.25) is 14.9 Å². The molecule has 0 radical (unpaired) electrons. The van der Waals surface area contributed by atoms with E-state index < -0.39 is 16.4 Å². The highest BCUT2D eigenvalue weighted by Gasteiger charge is 2.40. The van der Waals surface area contributed by atoms with Gasteiger partial charge >= 0.3 is 5.97 Å². The van der Waals surface area contributed by atoms with Gasteiger partial charge in [-0.2, -0.15) is 0 Å². The van der Waals surface area contributed by atoms with Gasteiger partial charge in [0, 0.05) is 17.0 Å². The minimum absolute atomic E-state index is 0.0903. The molecule has 1 fully saturated rings. The molecule has 7 nitrogen and oxygen atoms in total. The quantitative estimate of drug-likeness (QED) is 0.630. The Morgan fingerprint density at radius 2 is 2.24 bits per heavy atom. The van der Waals surface area contributed by atoms with Crippen molar-refractivity contribution in [3.05, 3.63) is 32.8 Å². The Balaban J connectivity index is 2.15. The second kappa shape index (κ2) is 5.98. The van der Waals surface area contributed by atoms with E-state index >= 15 is 0 Å². The highest BCUT2D eigenvalue weighted by atomic mass is 79.9. The Bertz CT molecular complexity index is 580. The van der Waals surface area contributed by atoms with E-state index in [9.17, 15) is 14.9 Å². The van der Waals surface area contributed by atoms with E-state index in [0.29, 0.717) is 29.5 Å². The van der Waals surface area contributed by atoms with Crippen molar-refractivity contribution in [3.63, 3.8) is 0 Å². The van der Waals surface area contributed by atoms with Crippen LogP contribution < -0.4 is 10.5 Å². The summed E-state index contributed by atoms with van der Waals surface area (Å²) < 4.78 is 6.22. The summed E-state index contributed by atoms with van der Waals surface area (Å²) in [6.07, 6.45) is 1.54. The van der Waals surface area contributed by atoms with Crippen molar-refractivity contribution < 1.29 is 19.6 Å². The number of hydrogen-bond donors (Lipinski definition) is 2. The van der Waals surface area contributed by atoms with E-state index in [-0.39, 0.29) is 18.2 Å². The van der Waals surface area contributed by atoms with Crippen molar-refractivity contribution in [1.29, 1.82) is 0 Å². The number of hydrogen-bond acceptors (Lipinski definition) is 5. The van der Waals surface area contributed by atoms with E-state index in [4.69, 9.17) is 15.6 Å². The summed E-state index contributed by atoms with van der Waals surface area (Å²) in [7, 11) is 0. The fraction of sp³-hybridized carbons (Fsp3) is 0.462. The van der Waals surface area contributed by atoms with Crippen LogP contribution in [0.2, 0.25) is 0 Å². The van der Waals surface area contributed by atoms with Gasteiger partial charge in [-0.25, -0.2) is 0 Å². The van der Waals surface area contributed by atoms with Gasteiger partial charge in [0.1, 0.15) is 17.4 Å². The SMILES string of the molecule is NC1(C(=O)O)CCCC(Oc2cc(Br)cc([N+](=O)[O-])c2)C1. The lowest BCUT2D eigenvalue weighted by Crippen LogP contribution is -2.53. The molecule has 0 bridgehead atoms. The Morgan fingerprint density at radius 1 is 1.52 bits per heavy atom. The predicted molar refractivity (Wildman–Crippen MR) is 78.2 cm³/mol. The molecule has 1 aliphatic rings. The van der Waals surface area contributed by atoms with E-state index in [1.54, 1.807) is 6.07 Å². The number of aliphatic carboxylic acids is 1. The molecule has 0 saturated heterocycles. The number of nitro benzene ring substituents is 1. The topological polar surface area (TPSA) is 116 Å². The summed E-state index contributed by atoms with van der Waals surface area (Å²) in [6, 6.07) is 4.30. The number of nitrogens with zero attached hydrogens (tertiary/aromatic N) is 1. The van der Waals surface area contributed by atoms with Crippen molar-refractivity contribution >= 4 is 27.6 Å². The smallest absolute Gasteiger partial charge is 0.323 e. The molecule has 1 saturated carbocycles. The number of non-ortho nitro benzene ring substituents is 1. The maximum Gasteiger partial charge on any atom is 0.323 e. The third-order valence-electron chi connectivity index (χ3n) is 3.54. The minimum Gasteiger partial charge on any atom is -0.490 e. The summed E-state index contributed by atoms with van der Waals surface area (Å²) in [4.78, 5) is 21.5. The third-order valence-corrected chi connectivity index (χ3v) is 3.99. The largest absolute Gasteiger partial charge is 0.490 e. The fourth-order valence-electron chi connectivity index (χ4n) is 2.46. The number of benzene rings is 1. The first kappa shape index (κ1) is 15.7. The van der Waals surface area contributed by atoms with Gasteiger partial charge in [-0.1, -0.05) is 15.9 Å². The molecule has 0 spiro atoms. The van der Waals surface area contributed by atoms with Crippen LogP contribution in [0.3, 0.4) is 0 Å². The molecule has 1 aliphatic carbocycles. The Labute approximate surface area is 129 Å². The highest BCUT2D eigenvalue weighted by Crippen LogP contribution is 2.32. The second-order valence-corrected chi connectivity index (χ2v) is 6.12. The molecule has 0 heterocycles. The standard InChI is InChI=1S/C13H15BrN2O5/c14-8-4-9(16(19)20)6-11(5-8)21-10-2-1-3-13(15,7-10)12(17)18/h4-6,10H,1-3,7,15H2,(H,17,18). The van der Waals surface area contributed by atoms with Crippen LogP contribution in [-0.4, -0.2) is 27.6 Å². The fourth-order valence-corrected chi connectivity index (χ4v) is 2.92. The zero-order valence-corrected chi connectivity index (χ0v) is 12.7. The molecule has 1 aromatic carbocycles. The molecule has 2 rings (SSSR count). The van der Waals surface area contributed by atoms with Crippen LogP contribution in [-0.2, 0) is 4.79 Å². The molecule has 2 atom stereocenters. The van der Waals surface area contributed by atoms with Crippen molar-refractivity contribution in [3.8, 4) is 5.75 Å². The molecule has 114 valence electrons. The van der Waals surface area contributed by atoms with Crippen LogP contribution in [0.15, 0.2) is 22.7 Å². The van der Waals surface area contributed by atoms with Crippen LogP contribution >= 0.6 is 15.9 Å². The van der Waals surface area contributed by atoms with Gasteiger partial charge in [0.15, 0.2) is 0 Å². The van der Waals surface area contributed by atoms with Gasteiger partial charge in [-0.05, 0) is 25.3 Å². The molecular weight excluding hydrogens is 344 g/mol. The average Bonchev–Trinajstić information content (AvgIpc) is 2.37. The number of carboxylic acid groups (broad SMARTS) is 1. The van der Waals surface area contributed by atoms with E-state index in [2.05, 4.69) is 15.9 Å². The van der Waals surface area contributed by atoms with Crippen molar-refractivity contribution in [2.45, 2.75) is 37.3 Å². The van der Waals surface area contributed by atoms with Crippen LogP contribution in [0.25, 0.3) is 0 Å². The maximum absolute atomic E-state index is 11.2. The summed E-state index contributed by atoms with van der Waals surface area (Å²) in [5, 5.41) is 20.0. The van der Waals surface area contributed by atoms with Crippen molar-refractivity contribution in [2.75, 3.05) is 0 Å². The number of halogens is 1.